The Kier molecular flexibility index (Phi) is 28.5. The second kappa shape index (κ2) is 21.6. The Hall–Kier alpha value is 1.83. The van der Waals surface area contributed by atoms with Crippen molar-refractivity contribution in [3.05, 3.63) is 0 Å². The molecule has 1 aliphatic heterocycles. The van der Waals surface area contributed by atoms with Gasteiger partial charge >= 0.3 is 46.9 Å². The van der Waals surface area contributed by atoms with Crippen LogP contribution in [-0.2, 0) is 32.0 Å². The predicted octanol–water partition coefficient (Wildman–Crippen LogP) is -4.61. The average molecular weight is 727 g/mol. The lowest BCUT2D eigenvalue weighted by atomic mass is 13.5. The standard InChI is InChI=1S/H7N3O4P4.5H3O4P/c4-11(5,6)7-3-9-1-8-2-10-3;5*1-5(2,3)4/h1-2,8-10H,(H2,4,5,6);5*(H3,1,2,3,4). The van der Waals surface area contributed by atoms with E-state index in [9.17, 15) is 4.57 Å². The maximum absolute atomic E-state index is 10.3. The highest BCUT2D eigenvalue weighted by Crippen LogP contribution is 2.47. The quantitative estimate of drug-likeness (QED) is 0.119. The zero-order chi connectivity index (χ0) is 30.8. The van der Waals surface area contributed by atoms with E-state index in [2.05, 4.69) is 14.3 Å². The lowest BCUT2D eigenvalue weighted by Crippen LogP contribution is -2.15. The molecule has 0 aromatic carbocycles. The summed E-state index contributed by atoms with van der Waals surface area (Å²) in [4.78, 5) is 130. The van der Waals surface area contributed by atoms with E-state index in [1.54, 1.807) is 0 Å². The summed E-state index contributed by atoms with van der Waals surface area (Å²) in [6.45, 7) is 0. The Balaban J connectivity index is -0.000000112. The summed E-state index contributed by atoms with van der Waals surface area (Å²) in [5, 5.41) is 0. The summed E-state index contributed by atoms with van der Waals surface area (Å²) in [6.07, 6.45) is 0. The van der Waals surface area contributed by atoms with E-state index in [4.69, 9.17) is 106 Å². The molecule has 1 saturated heterocycles. The molecule has 0 bridgehead atoms. The molecule has 36 heteroatoms. The van der Waals surface area contributed by atoms with Gasteiger partial charge in [-0.25, -0.2) is 27.4 Å². The summed E-state index contributed by atoms with van der Waals surface area (Å²) in [6, 6.07) is 0. The van der Waals surface area contributed by atoms with Crippen molar-refractivity contribution in [2.24, 2.45) is 0 Å². The second-order valence-electron chi connectivity index (χ2n) is 4.03. The van der Waals surface area contributed by atoms with Crippen molar-refractivity contribution < 1.29 is 115 Å². The fraction of sp³-hybridized carbons (Fsp3) is 0. The van der Waals surface area contributed by atoms with Gasteiger partial charge < -0.3 is 83.2 Å². The zero-order valence-corrected chi connectivity index (χ0v) is 24.5. The molecule has 2 atom stereocenters. The number of rotatable bonds is 2. The van der Waals surface area contributed by atoms with Gasteiger partial charge in [-0.15, -0.1) is 4.60 Å². The van der Waals surface area contributed by atoms with Crippen LogP contribution in [-0.4, -0.2) is 87.8 Å². The Morgan fingerprint density at radius 1 is 0.444 bits per heavy atom. The van der Waals surface area contributed by atoms with Gasteiger partial charge in [0, 0.05) is 8.88 Å². The van der Waals surface area contributed by atoms with Crippen LogP contribution in [0.15, 0.2) is 0 Å². The van der Waals surface area contributed by atoms with Gasteiger partial charge in [-0.1, -0.05) is 0 Å². The van der Waals surface area contributed by atoms with Crippen LogP contribution in [0.4, 0.5) is 0 Å². The first-order chi connectivity index (χ1) is 15.1. The summed E-state index contributed by atoms with van der Waals surface area (Å²) < 4.78 is 60.2. The molecule has 0 saturated carbocycles. The third-order valence-corrected chi connectivity index (χ3v) is 4.47. The molecule has 226 valence electrons. The lowest BCUT2D eigenvalue weighted by molar-refractivity contribution is 0.0862. The number of hydrogen-bond donors (Lipinski definition) is 19. The molecule has 1 aliphatic rings. The number of hydrogen-bond acceptors (Lipinski definition) is 10. The van der Waals surface area contributed by atoms with Gasteiger partial charge in [0.05, 0.1) is 17.8 Å². The maximum Gasteiger partial charge on any atom is 0.487 e. The Bertz CT molecular complexity index is 650. The SMILES string of the molecule is O=P(O)(O)O.O=P(O)(O)O.O=P(O)(O)O.O=P(O)(O)O.O=P(O)(O)O.O=P(O)(O)ON1PNPNP1. The topological polar surface area (TPSA) is 483 Å². The van der Waals surface area contributed by atoms with E-state index in [-0.39, 0.29) is 17.8 Å². The van der Waals surface area contributed by atoms with Crippen molar-refractivity contribution in [3.63, 3.8) is 0 Å². The van der Waals surface area contributed by atoms with Crippen LogP contribution in [0.5, 0.6) is 0 Å². The fourth-order valence-corrected chi connectivity index (χ4v) is 4.84. The average Bonchev–Trinajstić information content (AvgIpc) is 2.36. The van der Waals surface area contributed by atoms with E-state index >= 15 is 0 Å². The van der Waals surface area contributed by atoms with E-state index in [0.29, 0.717) is 8.88 Å². The van der Waals surface area contributed by atoms with Crippen molar-refractivity contribution in [1.82, 2.24) is 14.3 Å². The smallest absolute Gasteiger partial charge is 0.303 e. The highest BCUT2D eigenvalue weighted by Gasteiger charge is 2.22. The first kappa shape index (κ1) is 47.6. The van der Waals surface area contributed by atoms with Crippen LogP contribution >= 0.6 is 73.6 Å². The first-order valence-electron chi connectivity index (χ1n) is 6.31. The molecule has 36 heavy (non-hydrogen) atoms. The summed E-state index contributed by atoms with van der Waals surface area (Å²) in [7, 11) is -26.9. The van der Waals surface area contributed by atoms with E-state index < -0.39 is 46.9 Å². The fourth-order valence-electron chi connectivity index (χ4n) is 0.364. The second-order valence-corrected chi connectivity index (χ2v) is 14.3. The van der Waals surface area contributed by atoms with E-state index in [0.717, 1.165) is 0 Å². The summed E-state index contributed by atoms with van der Waals surface area (Å²) in [5.74, 6) is 0. The van der Waals surface area contributed by atoms with Crippen LogP contribution in [0.25, 0.3) is 0 Å². The predicted molar refractivity (Wildman–Crippen MR) is 117 cm³/mol. The van der Waals surface area contributed by atoms with Crippen LogP contribution < -0.4 is 9.72 Å². The minimum Gasteiger partial charge on any atom is -0.303 e. The van der Waals surface area contributed by atoms with Crippen LogP contribution in [0.2, 0.25) is 0 Å². The number of nitrogens with one attached hydrogen (secondary N) is 2. The minimum atomic E-state index is -4.64. The van der Waals surface area contributed by atoms with Crippen molar-refractivity contribution >= 4 is 73.6 Å². The van der Waals surface area contributed by atoms with Gasteiger partial charge in [0.1, 0.15) is 0 Å². The molecule has 0 spiro atoms. The van der Waals surface area contributed by atoms with Crippen molar-refractivity contribution in [1.29, 1.82) is 0 Å². The summed E-state index contributed by atoms with van der Waals surface area (Å²) >= 11 is 0. The van der Waals surface area contributed by atoms with Gasteiger partial charge in [0.15, 0.2) is 0 Å². The highest BCUT2D eigenvalue weighted by atomic mass is 31.2. The lowest BCUT2D eigenvalue weighted by Gasteiger charge is -2.25. The molecule has 27 nitrogen and oxygen atoms in total. The number of phosphoric acid groups is 6. The molecular weight excluding hydrogens is 705 g/mol. The van der Waals surface area contributed by atoms with Crippen LogP contribution in [0.1, 0.15) is 0 Å². The Labute approximate surface area is 203 Å². The number of nitrogens with zero attached hydrogens (tertiary/aromatic N) is 1. The molecule has 1 heterocycles. The molecule has 1 rings (SSSR count). The third-order valence-electron chi connectivity index (χ3n) is 0.628. The van der Waals surface area contributed by atoms with Gasteiger partial charge in [-0.3, -0.25) is 9.72 Å². The normalized spacial score (nSPS) is 16.9. The maximum atomic E-state index is 10.3. The van der Waals surface area contributed by atoms with Crippen LogP contribution in [0.3, 0.4) is 0 Å². The van der Waals surface area contributed by atoms with E-state index in [1.807, 2.05) is 0 Å². The minimum absolute atomic E-state index is 0.0974. The van der Waals surface area contributed by atoms with E-state index in [1.165, 1.54) is 4.60 Å². The molecule has 0 aliphatic carbocycles. The Morgan fingerprint density at radius 2 is 0.611 bits per heavy atom. The highest BCUT2D eigenvalue weighted by molar-refractivity contribution is 7.65. The molecule has 0 aromatic rings. The molecule has 0 amide bonds. The van der Waals surface area contributed by atoms with Crippen molar-refractivity contribution in [3.8, 4) is 0 Å². The molecule has 0 aromatic heterocycles. The van der Waals surface area contributed by atoms with Gasteiger partial charge in [-0.05, 0) is 0 Å². The van der Waals surface area contributed by atoms with Gasteiger partial charge in [-0.2, -0.15) is 4.62 Å². The van der Waals surface area contributed by atoms with Crippen LogP contribution in [0, 0.1) is 0 Å². The van der Waals surface area contributed by atoms with Gasteiger partial charge in [0.25, 0.3) is 0 Å². The largest absolute Gasteiger partial charge is 0.487 e. The monoisotopic (exact) mass is 727 g/mol. The van der Waals surface area contributed by atoms with Crippen molar-refractivity contribution in [2.75, 3.05) is 0 Å². The molecular formula is H22N3O24P9. The molecule has 2 unspecified atom stereocenters. The zero-order valence-electron chi connectivity index (χ0n) is 16.1. The van der Waals surface area contributed by atoms with Gasteiger partial charge in [0.2, 0.25) is 0 Å². The molecule has 1 fully saturated rings. The first-order valence-corrected chi connectivity index (χ1v) is 18.6. The Morgan fingerprint density at radius 3 is 0.750 bits per heavy atom. The van der Waals surface area contributed by atoms with Crippen molar-refractivity contribution in [2.45, 2.75) is 0 Å². The molecule has 19 N–H and O–H groups in total. The molecule has 0 radical (unpaired) electrons. The third kappa shape index (κ3) is 198. The summed E-state index contributed by atoms with van der Waals surface area (Å²) in [5.41, 5.74) is 0.